The maximum absolute atomic E-state index is 15.2. The van der Waals surface area contributed by atoms with Crippen LogP contribution in [0.3, 0.4) is 0 Å². The fourth-order valence-electron chi connectivity index (χ4n) is 4.71. The highest BCUT2D eigenvalue weighted by atomic mass is 35.5. The number of benzene rings is 2. The standard InChI is InChI=1S/C26H32FN3O3.ClH/c1-17-3-5-19(6-4-17)15-30-14-12-24(25(30)31)29-13-11-22(23(27)16-29)20-7-9-21(10-8-20)33-26(32)18(2)28;/h3-10,18,22-24H,11-16,28H2,1-2H3;1H/t18?,22?,23-,24-;/m1./s1. The smallest absolute Gasteiger partial charge is 0.328 e. The van der Waals surface area contributed by atoms with E-state index >= 15 is 4.39 Å². The van der Waals surface area contributed by atoms with Crippen molar-refractivity contribution < 1.29 is 18.7 Å². The first-order chi connectivity index (χ1) is 15.8. The maximum Gasteiger partial charge on any atom is 0.328 e. The number of ether oxygens (including phenoxy) is 1. The van der Waals surface area contributed by atoms with Crippen molar-refractivity contribution in [3.8, 4) is 5.75 Å². The Balaban J connectivity index is 0.00000324. The van der Waals surface area contributed by atoms with Crippen LogP contribution in [0.15, 0.2) is 48.5 Å². The minimum atomic E-state index is -1.06. The Bertz CT molecular complexity index is 984. The summed E-state index contributed by atoms with van der Waals surface area (Å²) >= 11 is 0. The van der Waals surface area contributed by atoms with E-state index < -0.39 is 18.2 Å². The van der Waals surface area contributed by atoms with Crippen LogP contribution in [0, 0.1) is 6.92 Å². The highest BCUT2D eigenvalue weighted by Crippen LogP contribution is 2.34. The second-order valence-corrected chi connectivity index (χ2v) is 9.23. The minimum absolute atomic E-state index is 0. The summed E-state index contributed by atoms with van der Waals surface area (Å²) in [5.74, 6) is -0.239. The van der Waals surface area contributed by atoms with Crippen molar-refractivity contribution in [1.29, 1.82) is 0 Å². The second kappa shape index (κ2) is 11.3. The van der Waals surface area contributed by atoms with Crippen molar-refractivity contribution >= 4 is 24.3 Å². The lowest BCUT2D eigenvalue weighted by molar-refractivity contribution is -0.135. The predicted molar refractivity (Wildman–Crippen MR) is 132 cm³/mol. The lowest BCUT2D eigenvalue weighted by atomic mass is 9.87. The lowest BCUT2D eigenvalue weighted by Gasteiger charge is -2.37. The topological polar surface area (TPSA) is 75.9 Å². The molecule has 2 N–H and O–H groups in total. The fourth-order valence-corrected chi connectivity index (χ4v) is 4.71. The van der Waals surface area contributed by atoms with Gasteiger partial charge in [0.25, 0.3) is 0 Å². The van der Waals surface area contributed by atoms with Crippen LogP contribution in [0.2, 0.25) is 0 Å². The molecule has 1 amide bonds. The van der Waals surface area contributed by atoms with Crippen molar-refractivity contribution in [2.75, 3.05) is 19.6 Å². The molecule has 34 heavy (non-hydrogen) atoms. The van der Waals surface area contributed by atoms with Crippen LogP contribution in [0.4, 0.5) is 4.39 Å². The van der Waals surface area contributed by atoms with Crippen molar-refractivity contribution in [1.82, 2.24) is 9.80 Å². The summed E-state index contributed by atoms with van der Waals surface area (Å²) in [5, 5.41) is 0. The molecule has 0 aliphatic carbocycles. The molecule has 8 heteroatoms. The zero-order chi connectivity index (χ0) is 23.5. The molecule has 2 aliphatic heterocycles. The third kappa shape index (κ3) is 5.95. The first-order valence-corrected chi connectivity index (χ1v) is 11.6. The first-order valence-electron chi connectivity index (χ1n) is 11.6. The molecule has 2 saturated heterocycles. The molecule has 2 heterocycles. The molecule has 2 unspecified atom stereocenters. The van der Waals surface area contributed by atoms with Crippen molar-refractivity contribution in [3.05, 3.63) is 65.2 Å². The van der Waals surface area contributed by atoms with Gasteiger partial charge in [0.1, 0.15) is 18.0 Å². The average Bonchev–Trinajstić information content (AvgIpc) is 3.16. The number of carbonyl (C=O) groups is 2. The van der Waals surface area contributed by atoms with Gasteiger partial charge < -0.3 is 15.4 Å². The molecule has 4 rings (SSSR count). The number of amides is 1. The molecular formula is C26H33ClFN3O3. The molecule has 0 radical (unpaired) electrons. The fraction of sp³-hybridized carbons (Fsp3) is 0.462. The number of aryl methyl sites for hydroxylation is 1. The van der Waals surface area contributed by atoms with Gasteiger partial charge in [0, 0.05) is 25.6 Å². The Hall–Kier alpha value is -2.48. The number of esters is 1. The number of piperidine rings is 1. The number of alkyl halides is 1. The number of likely N-dealkylation sites (tertiary alicyclic amines) is 2. The van der Waals surface area contributed by atoms with Gasteiger partial charge in [0.05, 0.1) is 6.04 Å². The monoisotopic (exact) mass is 489 g/mol. The van der Waals surface area contributed by atoms with E-state index in [4.69, 9.17) is 10.5 Å². The van der Waals surface area contributed by atoms with Crippen molar-refractivity contribution in [2.24, 2.45) is 5.73 Å². The van der Waals surface area contributed by atoms with E-state index in [0.717, 1.165) is 17.5 Å². The lowest BCUT2D eigenvalue weighted by Crippen LogP contribution is -2.49. The summed E-state index contributed by atoms with van der Waals surface area (Å²) in [4.78, 5) is 28.6. The highest BCUT2D eigenvalue weighted by molar-refractivity contribution is 5.85. The second-order valence-electron chi connectivity index (χ2n) is 9.23. The van der Waals surface area contributed by atoms with Gasteiger partial charge in [0.2, 0.25) is 5.91 Å². The zero-order valence-electron chi connectivity index (χ0n) is 19.7. The van der Waals surface area contributed by atoms with Crippen LogP contribution in [-0.4, -0.2) is 59.6 Å². The summed E-state index contributed by atoms with van der Waals surface area (Å²) in [6.45, 7) is 5.85. The Kier molecular flexibility index (Phi) is 8.68. The molecule has 2 aromatic rings. The van der Waals surface area contributed by atoms with E-state index in [1.165, 1.54) is 5.56 Å². The molecule has 2 aliphatic rings. The number of nitrogens with two attached hydrogens (primary N) is 1. The van der Waals surface area contributed by atoms with Crippen LogP contribution in [-0.2, 0) is 16.1 Å². The van der Waals surface area contributed by atoms with Crippen LogP contribution >= 0.6 is 12.4 Å². The third-order valence-electron chi connectivity index (χ3n) is 6.68. The van der Waals surface area contributed by atoms with Gasteiger partial charge in [-0.15, -0.1) is 12.4 Å². The quantitative estimate of drug-likeness (QED) is 0.495. The Morgan fingerprint density at radius 2 is 1.79 bits per heavy atom. The molecule has 184 valence electrons. The van der Waals surface area contributed by atoms with Gasteiger partial charge in [0.15, 0.2) is 0 Å². The van der Waals surface area contributed by atoms with Crippen LogP contribution in [0.5, 0.6) is 5.75 Å². The van der Waals surface area contributed by atoms with E-state index in [0.29, 0.717) is 31.8 Å². The highest BCUT2D eigenvalue weighted by Gasteiger charge is 2.40. The summed E-state index contributed by atoms with van der Waals surface area (Å²) in [5.41, 5.74) is 8.71. The largest absolute Gasteiger partial charge is 0.425 e. The molecule has 0 aromatic heterocycles. The number of carbonyl (C=O) groups excluding carboxylic acids is 2. The van der Waals surface area contributed by atoms with Crippen LogP contribution in [0.25, 0.3) is 0 Å². The average molecular weight is 490 g/mol. The van der Waals surface area contributed by atoms with E-state index in [-0.39, 0.29) is 36.8 Å². The first kappa shape index (κ1) is 26.1. The molecular weight excluding hydrogens is 457 g/mol. The van der Waals surface area contributed by atoms with Crippen molar-refractivity contribution in [3.63, 3.8) is 0 Å². The predicted octanol–water partition coefficient (Wildman–Crippen LogP) is 3.60. The van der Waals surface area contributed by atoms with Gasteiger partial charge in [-0.3, -0.25) is 9.69 Å². The number of halogens is 2. The molecule has 0 spiro atoms. The number of rotatable bonds is 6. The van der Waals surface area contributed by atoms with Gasteiger partial charge in [-0.25, -0.2) is 9.18 Å². The third-order valence-corrected chi connectivity index (χ3v) is 6.68. The van der Waals surface area contributed by atoms with Gasteiger partial charge >= 0.3 is 5.97 Å². The SMILES string of the molecule is Cc1ccc(CN2CC[C@@H](N3CCC(c4ccc(OC(=O)C(C)N)cc4)[C@H](F)C3)C2=O)cc1.Cl. The molecule has 0 saturated carbocycles. The van der Waals surface area contributed by atoms with Crippen LogP contribution in [0.1, 0.15) is 42.4 Å². The van der Waals surface area contributed by atoms with E-state index in [1.807, 2.05) is 16.7 Å². The molecule has 2 fully saturated rings. The minimum Gasteiger partial charge on any atom is -0.425 e. The molecule has 2 aromatic carbocycles. The Morgan fingerprint density at radius 1 is 1.12 bits per heavy atom. The summed E-state index contributed by atoms with van der Waals surface area (Å²) < 4.78 is 20.4. The van der Waals surface area contributed by atoms with E-state index in [2.05, 4.69) is 24.3 Å². The van der Waals surface area contributed by atoms with Gasteiger partial charge in [-0.05, 0) is 56.5 Å². The van der Waals surface area contributed by atoms with E-state index in [1.54, 1.807) is 31.2 Å². The molecule has 4 atom stereocenters. The zero-order valence-corrected chi connectivity index (χ0v) is 20.5. The van der Waals surface area contributed by atoms with Crippen molar-refractivity contribution in [2.45, 2.75) is 57.4 Å². The van der Waals surface area contributed by atoms with Crippen LogP contribution < -0.4 is 10.5 Å². The molecule has 6 nitrogen and oxygen atoms in total. The Labute approximate surface area is 206 Å². The number of hydrogen-bond donors (Lipinski definition) is 1. The summed E-state index contributed by atoms with van der Waals surface area (Å²) in [6.07, 6.45) is 0.319. The number of nitrogens with zero attached hydrogens (tertiary/aromatic N) is 2. The van der Waals surface area contributed by atoms with E-state index in [9.17, 15) is 9.59 Å². The number of hydrogen-bond acceptors (Lipinski definition) is 5. The molecule has 0 bridgehead atoms. The van der Waals surface area contributed by atoms with Gasteiger partial charge in [-0.1, -0.05) is 42.0 Å². The summed E-state index contributed by atoms with van der Waals surface area (Å²) in [6, 6.07) is 14.3. The normalized spacial score (nSPS) is 23.9. The Morgan fingerprint density at radius 3 is 2.41 bits per heavy atom. The summed E-state index contributed by atoms with van der Waals surface area (Å²) in [7, 11) is 0. The van der Waals surface area contributed by atoms with Gasteiger partial charge in [-0.2, -0.15) is 0 Å². The maximum atomic E-state index is 15.2.